The van der Waals surface area contributed by atoms with Crippen LogP contribution in [0.15, 0.2) is 18.2 Å². The van der Waals surface area contributed by atoms with Crippen LogP contribution >= 0.6 is 0 Å². The molecule has 3 heteroatoms. The van der Waals surface area contributed by atoms with Crippen molar-refractivity contribution in [2.24, 2.45) is 0 Å². The fourth-order valence-corrected chi connectivity index (χ4v) is 2.05. The van der Waals surface area contributed by atoms with Crippen LogP contribution in [0.4, 0.5) is 0 Å². The van der Waals surface area contributed by atoms with Crippen LogP contribution in [0.25, 0.3) is 0 Å². The Balaban J connectivity index is 2.11. The summed E-state index contributed by atoms with van der Waals surface area (Å²) in [6.45, 7) is 3.87. The van der Waals surface area contributed by atoms with Gasteiger partial charge in [0.05, 0.1) is 7.11 Å². The molecule has 1 aliphatic rings. The van der Waals surface area contributed by atoms with Crippen molar-refractivity contribution in [3.05, 3.63) is 29.3 Å². The largest absolute Gasteiger partial charge is 0.496 e. The van der Waals surface area contributed by atoms with E-state index in [1.807, 2.05) is 17.9 Å². The molecule has 0 spiro atoms. The van der Waals surface area contributed by atoms with Crippen LogP contribution in [0.2, 0.25) is 0 Å². The predicted molar refractivity (Wildman–Crippen MR) is 70.6 cm³/mol. The third kappa shape index (κ3) is 2.84. The van der Waals surface area contributed by atoms with Crippen molar-refractivity contribution in [1.29, 1.82) is 0 Å². The molecule has 1 fully saturated rings. The number of ether oxygens (including phenoxy) is 1. The number of hydrogen-bond acceptors (Lipinski definition) is 3. The molecule has 0 bridgehead atoms. The molecule has 0 amide bonds. The van der Waals surface area contributed by atoms with Crippen LogP contribution in [0.3, 0.4) is 0 Å². The monoisotopic (exact) mass is 243 g/mol. The molecule has 3 nitrogen and oxygen atoms in total. The number of ketones is 1. The molecule has 94 valence electrons. The Bertz CT molecular complexity index is 505. The van der Waals surface area contributed by atoms with Gasteiger partial charge in [-0.2, -0.15) is 0 Å². The number of methoxy groups -OCH3 is 1. The van der Waals surface area contributed by atoms with Crippen molar-refractivity contribution in [3.63, 3.8) is 0 Å². The first-order valence-corrected chi connectivity index (χ1v) is 6.16. The van der Waals surface area contributed by atoms with E-state index in [4.69, 9.17) is 4.74 Å². The number of carbonyl (C=O) groups excluding carboxylic acids is 1. The maximum atomic E-state index is 11.9. The Hall–Kier alpha value is -1.95. The first kappa shape index (κ1) is 12.5. The molecule has 0 N–H and O–H groups in total. The molecule has 1 heterocycles. The summed E-state index contributed by atoms with van der Waals surface area (Å²) < 4.78 is 5.17. The summed E-state index contributed by atoms with van der Waals surface area (Å²) >= 11 is 0. The van der Waals surface area contributed by atoms with Crippen LogP contribution < -0.4 is 4.74 Å². The molecule has 0 atom stereocenters. The molecule has 1 saturated heterocycles. The first-order chi connectivity index (χ1) is 8.70. The Morgan fingerprint density at radius 1 is 1.33 bits per heavy atom. The third-order valence-corrected chi connectivity index (χ3v) is 3.09. The highest BCUT2D eigenvalue weighted by molar-refractivity contribution is 6.09. The van der Waals surface area contributed by atoms with E-state index in [1.54, 1.807) is 19.2 Å². The molecule has 1 aromatic rings. The summed E-state index contributed by atoms with van der Waals surface area (Å²) in [5.74, 6) is 3.36. The number of hydrogen-bond donors (Lipinski definition) is 0. The molecule has 0 aliphatic carbocycles. The lowest BCUT2D eigenvalue weighted by molar-refractivity contribution is 0.105. The summed E-state index contributed by atoms with van der Waals surface area (Å²) in [5, 5.41) is 0. The number of benzene rings is 1. The SMILES string of the molecule is COc1ccc(C(=O)C#CN2CCCC2)cc1C. The number of nitrogens with zero attached hydrogens (tertiary/aromatic N) is 1. The molecule has 0 radical (unpaired) electrons. The highest BCUT2D eigenvalue weighted by Gasteiger charge is 2.08. The second kappa shape index (κ2) is 5.59. The van der Waals surface area contributed by atoms with Crippen LogP contribution in [0.5, 0.6) is 5.75 Å². The maximum Gasteiger partial charge on any atom is 0.237 e. The van der Waals surface area contributed by atoms with Gasteiger partial charge in [0, 0.05) is 24.7 Å². The van der Waals surface area contributed by atoms with Crippen LogP contribution in [0.1, 0.15) is 28.8 Å². The third-order valence-electron chi connectivity index (χ3n) is 3.09. The van der Waals surface area contributed by atoms with Crippen LogP contribution in [-0.2, 0) is 0 Å². The Morgan fingerprint density at radius 3 is 2.67 bits per heavy atom. The molecule has 0 saturated carbocycles. The zero-order valence-electron chi connectivity index (χ0n) is 10.8. The summed E-state index contributed by atoms with van der Waals surface area (Å²) in [4.78, 5) is 13.9. The zero-order valence-corrected chi connectivity index (χ0v) is 10.8. The van der Waals surface area contributed by atoms with E-state index in [0.29, 0.717) is 5.56 Å². The average Bonchev–Trinajstić information content (AvgIpc) is 2.89. The van der Waals surface area contributed by atoms with Gasteiger partial charge >= 0.3 is 0 Å². The number of likely N-dealkylation sites (tertiary alicyclic amines) is 1. The van der Waals surface area contributed by atoms with E-state index >= 15 is 0 Å². The number of carbonyl (C=O) groups is 1. The van der Waals surface area contributed by atoms with Gasteiger partial charge in [0.25, 0.3) is 0 Å². The molecule has 1 aromatic carbocycles. The highest BCUT2D eigenvalue weighted by Crippen LogP contribution is 2.18. The minimum Gasteiger partial charge on any atom is -0.496 e. The topological polar surface area (TPSA) is 29.5 Å². The van der Waals surface area contributed by atoms with E-state index < -0.39 is 0 Å². The van der Waals surface area contributed by atoms with Gasteiger partial charge in [-0.3, -0.25) is 4.79 Å². The Kier molecular flexibility index (Phi) is 3.88. The molecule has 0 aromatic heterocycles. The molecule has 2 rings (SSSR count). The lowest BCUT2D eigenvalue weighted by Gasteiger charge is -2.06. The van der Waals surface area contributed by atoms with Crippen molar-refractivity contribution in [1.82, 2.24) is 4.90 Å². The van der Waals surface area contributed by atoms with Gasteiger partial charge in [0.15, 0.2) is 0 Å². The molecule has 1 aliphatic heterocycles. The van der Waals surface area contributed by atoms with E-state index in [1.165, 1.54) is 12.8 Å². The number of Topliss-reactive ketones (excluding diaryl/α,β-unsaturated/α-hetero) is 1. The second-order valence-electron chi connectivity index (χ2n) is 4.44. The van der Waals surface area contributed by atoms with Crippen molar-refractivity contribution in [2.45, 2.75) is 19.8 Å². The van der Waals surface area contributed by atoms with E-state index in [2.05, 4.69) is 12.0 Å². The average molecular weight is 243 g/mol. The lowest BCUT2D eigenvalue weighted by atomic mass is 10.1. The normalized spacial score (nSPS) is 14.0. The highest BCUT2D eigenvalue weighted by atomic mass is 16.5. The van der Waals surface area contributed by atoms with E-state index in [9.17, 15) is 4.79 Å². The van der Waals surface area contributed by atoms with Gasteiger partial charge in [-0.15, -0.1) is 0 Å². The predicted octanol–water partition coefficient (Wildman–Crippen LogP) is 2.24. The zero-order chi connectivity index (χ0) is 13.0. The van der Waals surface area contributed by atoms with Crippen LogP contribution in [-0.4, -0.2) is 30.9 Å². The molecule has 18 heavy (non-hydrogen) atoms. The van der Waals surface area contributed by atoms with Crippen molar-refractivity contribution in [3.8, 4) is 17.7 Å². The van der Waals surface area contributed by atoms with Crippen LogP contribution in [0, 0.1) is 18.9 Å². The minimum absolute atomic E-state index is 0.132. The van der Waals surface area contributed by atoms with Crippen molar-refractivity contribution >= 4 is 5.78 Å². The summed E-state index contributed by atoms with van der Waals surface area (Å²) in [6.07, 6.45) is 2.34. The Morgan fingerprint density at radius 2 is 2.06 bits per heavy atom. The van der Waals surface area contributed by atoms with Gasteiger partial charge in [-0.1, -0.05) is 0 Å². The smallest absolute Gasteiger partial charge is 0.237 e. The molecular weight excluding hydrogens is 226 g/mol. The second-order valence-corrected chi connectivity index (χ2v) is 4.44. The van der Waals surface area contributed by atoms with Crippen molar-refractivity contribution in [2.75, 3.05) is 20.2 Å². The standard InChI is InChI=1S/C15H17NO2/c1-12-11-13(5-6-15(12)18-2)14(17)7-10-16-8-3-4-9-16/h5-6,11H,3-4,8-9H2,1-2H3. The fourth-order valence-electron chi connectivity index (χ4n) is 2.05. The van der Waals surface area contributed by atoms with Gasteiger partial charge < -0.3 is 9.64 Å². The maximum absolute atomic E-state index is 11.9. The Labute approximate surface area is 108 Å². The number of aryl methyl sites for hydroxylation is 1. The quantitative estimate of drug-likeness (QED) is 0.589. The van der Waals surface area contributed by atoms with E-state index in [-0.39, 0.29) is 5.78 Å². The van der Waals surface area contributed by atoms with Crippen molar-refractivity contribution < 1.29 is 9.53 Å². The lowest BCUT2D eigenvalue weighted by Crippen LogP contribution is -2.12. The summed E-state index contributed by atoms with van der Waals surface area (Å²) in [7, 11) is 1.62. The minimum atomic E-state index is -0.132. The van der Waals surface area contributed by atoms with Gasteiger partial charge in [-0.05, 0) is 49.4 Å². The fraction of sp³-hybridized carbons (Fsp3) is 0.400. The van der Waals surface area contributed by atoms with Gasteiger partial charge in [0.2, 0.25) is 5.78 Å². The molecule has 0 unspecified atom stereocenters. The van der Waals surface area contributed by atoms with E-state index in [0.717, 1.165) is 24.4 Å². The van der Waals surface area contributed by atoms with Gasteiger partial charge in [-0.25, -0.2) is 0 Å². The summed E-state index contributed by atoms with van der Waals surface area (Å²) in [5.41, 5.74) is 1.58. The number of rotatable bonds is 2. The summed E-state index contributed by atoms with van der Waals surface area (Å²) in [6, 6.07) is 8.31. The first-order valence-electron chi connectivity index (χ1n) is 6.16. The molecular formula is C15H17NO2. The van der Waals surface area contributed by atoms with Gasteiger partial charge in [0.1, 0.15) is 5.75 Å².